The number of methoxy groups -OCH3 is 1. The van der Waals surface area contributed by atoms with Crippen LogP contribution in [0.5, 0.6) is 5.75 Å². The average molecular weight is 407 g/mol. The van der Waals surface area contributed by atoms with Crippen LogP contribution >= 0.6 is 0 Å². The highest BCUT2D eigenvalue weighted by molar-refractivity contribution is 5.64. The quantitative estimate of drug-likeness (QED) is 0.440. The van der Waals surface area contributed by atoms with E-state index in [-0.39, 0.29) is 5.82 Å². The van der Waals surface area contributed by atoms with E-state index in [0.29, 0.717) is 11.7 Å². The van der Waals surface area contributed by atoms with Gasteiger partial charge in [0.2, 0.25) is 0 Å². The Bertz CT molecular complexity index is 853. The molecule has 0 radical (unpaired) electrons. The van der Waals surface area contributed by atoms with Crippen molar-refractivity contribution < 1.29 is 9.13 Å². The van der Waals surface area contributed by atoms with Crippen molar-refractivity contribution in [1.82, 2.24) is 0 Å². The third-order valence-electron chi connectivity index (χ3n) is 7.57. The van der Waals surface area contributed by atoms with Gasteiger partial charge in [-0.1, -0.05) is 48.9 Å². The maximum absolute atomic E-state index is 14.0. The minimum absolute atomic E-state index is 0.295. The van der Waals surface area contributed by atoms with E-state index in [2.05, 4.69) is 43.3 Å². The largest absolute Gasteiger partial charge is 0.494 e. The number of halogens is 1. The van der Waals surface area contributed by atoms with Crippen LogP contribution in [0.3, 0.4) is 0 Å². The number of allylic oxidation sites excluding steroid dienone is 2. The standard InChI is InChI=1S/C28H35FO/c1-3-4-5-6-20-7-8-25-18-24(14-13-23(25)17-20)21-9-11-22(12-10-21)26-15-16-28(30-2)27(29)19-26/h3-4,9-12,15-16,19-20,23-25H,5-8,13-14,17-18H2,1-2H3/b4-3+. The van der Waals surface area contributed by atoms with Crippen molar-refractivity contribution in [3.63, 3.8) is 0 Å². The SMILES string of the molecule is C/C=C/CCC1CCC2CC(c3ccc(-c4ccc(OC)c(F)c4)cc3)CCC2C1. The first-order valence-electron chi connectivity index (χ1n) is 11.7. The van der Waals surface area contributed by atoms with Crippen molar-refractivity contribution >= 4 is 0 Å². The van der Waals surface area contributed by atoms with Crippen molar-refractivity contribution in [3.8, 4) is 16.9 Å². The third kappa shape index (κ3) is 4.79. The van der Waals surface area contributed by atoms with E-state index < -0.39 is 0 Å². The molecule has 0 bridgehead atoms. The lowest BCUT2D eigenvalue weighted by Crippen LogP contribution is -2.30. The molecule has 2 aliphatic rings. The lowest BCUT2D eigenvalue weighted by atomic mass is 9.63. The van der Waals surface area contributed by atoms with Gasteiger partial charge in [-0.15, -0.1) is 0 Å². The third-order valence-corrected chi connectivity index (χ3v) is 7.57. The summed E-state index contributed by atoms with van der Waals surface area (Å²) in [6, 6.07) is 14.0. The van der Waals surface area contributed by atoms with Gasteiger partial charge in [0.25, 0.3) is 0 Å². The highest BCUT2D eigenvalue weighted by Gasteiger charge is 2.35. The number of hydrogen-bond donors (Lipinski definition) is 0. The highest BCUT2D eigenvalue weighted by atomic mass is 19.1. The minimum Gasteiger partial charge on any atom is -0.494 e. The number of ether oxygens (including phenoxy) is 1. The van der Waals surface area contributed by atoms with Gasteiger partial charge in [-0.3, -0.25) is 0 Å². The van der Waals surface area contributed by atoms with Crippen LogP contribution in [0.15, 0.2) is 54.6 Å². The predicted octanol–water partition coefficient (Wildman–Crippen LogP) is 8.16. The Morgan fingerprint density at radius 2 is 1.67 bits per heavy atom. The molecule has 30 heavy (non-hydrogen) atoms. The summed E-state index contributed by atoms with van der Waals surface area (Å²) in [5, 5.41) is 0. The van der Waals surface area contributed by atoms with Gasteiger partial charge in [0.15, 0.2) is 11.6 Å². The van der Waals surface area contributed by atoms with Gasteiger partial charge in [-0.05, 0) is 104 Å². The minimum atomic E-state index is -0.307. The normalized spacial score (nSPS) is 26.5. The molecular weight excluding hydrogens is 371 g/mol. The molecule has 160 valence electrons. The van der Waals surface area contributed by atoms with E-state index in [1.807, 2.05) is 6.07 Å². The number of rotatable bonds is 6. The van der Waals surface area contributed by atoms with Crippen molar-refractivity contribution in [2.75, 3.05) is 7.11 Å². The molecule has 4 atom stereocenters. The van der Waals surface area contributed by atoms with Crippen molar-refractivity contribution in [3.05, 3.63) is 66.0 Å². The van der Waals surface area contributed by atoms with E-state index >= 15 is 0 Å². The van der Waals surface area contributed by atoms with Crippen molar-refractivity contribution in [2.45, 2.75) is 64.2 Å². The summed E-state index contributed by atoms with van der Waals surface area (Å²) in [5.41, 5.74) is 3.43. The maximum atomic E-state index is 14.0. The average Bonchev–Trinajstić information content (AvgIpc) is 2.79. The summed E-state index contributed by atoms with van der Waals surface area (Å²) in [5.74, 6) is 3.49. The molecule has 0 saturated heterocycles. The molecule has 2 aromatic rings. The topological polar surface area (TPSA) is 9.23 Å². The number of benzene rings is 2. The highest BCUT2D eigenvalue weighted by Crippen LogP contribution is 2.48. The Kier molecular flexibility index (Phi) is 6.92. The monoisotopic (exact) mass is 406 g/mol. The Labute approximate surface area is 181 Å². The zero-order chi connectivity index (χ0) is 20.9. The van der Waals surface area contributed by atoms with Gasteiger partial charge in [0, 0.05) is 0 Å². The Morgan fingerprint density at radius 3 is 2.40 bits per heavy atom. The van der Waals surface area contributed by atoms with Crippen LogP contribution in [0.2, 0.25) is 0 Å². The molecule has 2 aliphatic carbocycles. The summed E-state index contributed by atoms with van der Waals surface area (Å²) >= 11 is 0. The fourth-order valence-electron chi connectivity index (χ4n) is 5.84. The van der Waals surface area contributed by atoms with Crippen LogP contribution in [-0.2, 0) is 0 Å². The van der Waals surface area contributed by atoms with Crippen LogP contribution in [0.1, 0.15) is 69.8 Å². The summed E-state index contributed by atoms with van der Waals surface area (Å²) in [4.78, 5) is 0. The molecule has 2 saturated carbocycles. The molecule has 1 nitrogen and oxygen atoms in total. The van der Waals surface area contributed by atoms with E-state index in [1.165, 1.54) is 64.0 Å². The van der Waals surface area contributed by atoms with Crippen LogP contribution in [0.25, 0.3) is 11.1 Å². The lowest BCUT2D eigenvalue weighted by Gasteiger charge is -2.42. The summed E-state index contributed by atoms with van der Waals surface area (Å²) in [7, 11) is 1.50. The molecule has 2 aromatic carbocycles. The van der Waals surface area contributed by atoms with E-state index in [1.54, 1.807) is 12.1 Å². The second-order valence-corrected chi connectivity index (χ2v) is 9.33. The van der Waals surface area contributed by atoms with Crippen molar-refractivity contribution in [2.24, 2.45) is 17.8 Å². The molecule has 0 N–H and O–H groups in total. The first-order valence-corrected chi connectivity index (χ1v) is 11.7. The maximum Gasteiger partial charge on any atom is 0.165 e. The molecule has 0 aromatic heterocycles. The van der Waals surface area contributed by atoms with Gasteiger partial charge in [-0.25, -0.2) is 4.39 Å². The first kappa shape index (κ1) is 21.2. The second kappa shape index (κ2) is 9.81. The Balaban J connectivity index is 1.36. The fraction of sp³-hybridized carbons (Fsp3) is 0.500. The van der Waals surface area contributed by atoms with Gasteiger partial charge in [0.05, 0.1) is 7.11 Å². The van der Waals surface area contributed by atoms with E-state index in [4.69, 9.17) is 4.74 Å². The van der Waals surface area contributed by atoms with E-state index in [9.17, 15) is 4.39 Å². The smallest absolute Gasteiger partial charge is 0.165 e. The molecule has 4 rings (SSSR count). The molecule has 4 unspecified atom stereocenters. The molecule has 0 amide bonds. The summed E-state index contributed by atoms with van der Waals surface area (Å²) < 4.78 is 19.1. The molecule has 0 heterocycles. The van der Waals surface area contributed by atoms with Crippen LogP contribution in [-0.4, -0.2) is 7.11 Å². The number of fused-ring (bicyclic) bond motifs is 1. The summed E-state index contributed by atoms with van der Waals surface area (Å²) in [6.07, 6.45) is 15.5. The molecule has 2 heteroatoms. The van der Waals surface area contributed by atoms with Gasteiger partial charge in [-0.2, -0.15) is 0 Å². The predicted molar refractivity (Wildman–Crippen MR) is 123 cm³/mol. The number of hydrogen-bond acceptors (Lipinski definition) is 1. The first-order chi connectivity index (χ1) is 14.7. The van der Waals surface area contributed by atoms with Crippen LogP contribution < -0.4 is 4.74 Å². The Hall–Kier alpha value is -2.09. The lowest BCUT2D eigenvalue weighted by molar-refractivity contribution is 0.115. The summed E-state index contributed by atoms with van der Waals surface area (Å²) in [6.45, 7) is 2.12. The fourth-order valence-corrected chi connectivity index (χ4v) is 5.84. The van der Waals surface area contributed by atoms with Crippen LogP contribution in [0, 0.1) is 23.6 Å². The second-order valence-electron chi connectivity index (χ2n) is 9.33. The zero-order valence-corrected chi connectivity index (χ0v) is 18.4. The van der Waals surface area contributed by atoms with Gasteiger partial charge < -0.3 is 4.74 Å². The molecule has 0 aliphatic heterocycles. The molecule has 0 spiro atoms. The molecular formula is C28H35FO. The Morgan fingerprint density at radius 1 is 0.933 bits per heavy atom. The van der Waals surface area contributed by atoms with Crippen LogP contribution in [0.4, 0.5) is 4.39 Å². The zero-order valence-electron chi connectivity index (χ0n) is 18.4. The van der Waals surface area contributed by atoms with E-state index in [0.717, 1.165) is 28.9 Å². The van der Waals surface area contributed by atoms with Crippen molar-refractivity contribution in [1.29, 1.82) is 0 Å². The van der Waals surface area contributed by atoms with Gasteiger partial charge >= 0.3 is 0 Å². The molecule has 2 fully saturated rings. The van der Waals surface area contributed by atoms with Gasteiger partial charge in [0.1, 0.15) is 0 Å².